The van der Waals surface area contributed by atoms with E-state index in [9.17, 15) is 0 Å². The minimum Gasteiger partial charge on any atom is -0.493 e. The average molecular weight is 277 g/mol. The van der Waals surface area contributed by atoms with Crippen molar-refractivity contribution in [3.05, 3.63) is 22.2 Å². The molecule has 0 aliphatic carbocycles. The predicted octanol–water partition coefficient (Wildman–Crippen LogP) is 1.93. The maximum Gasteiger partial charge on any atom is 0.188 e. The zero-order chi connectivity index (χ0) is 11.3. The molecule has 1 N–H and O–H groups in total. The van der Waals surface area contributed by atoms with E-state index >= 15 is 0 Å². The van der Waals surface area contributed by atoms with Crippen molar-refractivity contribution in [3.63, 3.8) is 0 Å². The maximum atomic E-state index is 9.07. The summed E-state index contributed by atoms with van der Waals surface area (Å²) in [5.41, 5.74) is 0.738. The van der Waals surface area contributed by atoms with Crippen molar-refractivity contribution in [1.29, 1.82) is 0 Å². The molecule has 84 valence electrons. The lowest BCUT2D eigenvalue weighted by Gasteiger charge is -2.13. The standard InChI is InChI=1S/C10H13BrO4/c1-13-6-15-10-8(14-2)4-3-7(5-12)9(10)11/h3-4,12H,5-6H2,1-2H3. The Bertz CT molecular complexity index is 327. The van der Waals surface area contributed by atoms with E-state index in [2.05, 4.69) is 15.9 Å². The Kier molecular flexibility index (Phi) is 4.87. The minimum absolute atomic E-state index is 0.0616. The van der Waals surface area contributed by atoms with Crippen LogP contribution in [0.4, 0.5) is 0 Å². The van der Waals surface area contributed by atoms with Gasteiger partial charge in [0.15, 0.2) is 18.3 Å². The van der Waals surface area contributed by atoms with Crippen molar-refractivity contribution in [2.45, 2.75) is 6.61 Å². The molecule has 0 spiro atoms. The van der Waals surface area contributed by atoms with Crippen molar-refractivity contribution in [2.24, 2.45) is 0 Å². The molecular weight excluding hydrogens is 264 g/mol. The van der Waals surface area contributed by atoms with E-state index in [0.717, 1.165) is 5.56 Å². The molecule has 0 radical (unpaired) electrons. The second-order valence-corrected chi connectivity index (χ2v) is 3.57. The van der Waals surface area contributed by atoms with Crippen LogP contribution in [-0.4, -0.2) is 26.1 Å². The minimum atomic E-state index is -0.0616. The van der Waals surface area contributed by atoms with Gasteiger partial charge in [-0.2, -0.15) is 0 Å². The topological polar surface area (TPSA) is 47.9 Å². The quantitative estimate of drug-likeness (QED) is 0.835. The Morgan fingerprint density at radius 3 is 2.60 bits per heavy atom. The Labute approximate surface area is 96.9 Å². The van der Waals surface area contributed by atoms with Gasteiger partial charge < -0.3 is 19.3 Å². The van der Waals surface area contributed by atoms with Gasteiger partial charge in [0.2, 0.25) is 0 Å². The van der Waals surface area contributed by atoms with Gasteiger partial charge in [-0.3, -0.25) is 0 Å². The highest BCUT2D eigenvalue weighted by molar-refractivity contribution is 9.10. The van der Waals surface area contributed by atoms with Crippen LogP contribution >= 0.6 is 15.9 Å². The summed E-state index contributed by atoms with van der Waals surface area (Å²) in [7, 11) is 3.09. The third kappa shape index (κ3) is 2.84. The van der Waals surface area contributed by atoms with E-state index in [1.165, 1.54) is 7.11 Å². The van der Waals surface area contributed by atoms with Crippen LogP contribution in [0.1, 0.15) is 5.56 Å². The van der Waals surface area contributed by atoms with Crippen LogP contribution in [0.15, 0.2) is 16.6 Å². The molecule has 1 aromatic carbocycles. The molecule has 0 unspecified atom stereocenters. The molecule has 1 aromatic rings. The van der Waals surface area contributed by atoms with Crippen LogP contribution in [0.25, 0.3) is 0 Å². The molecule has 0 saturated carbocycles. The van der Waals surface area contributed by atoms with E-state index in [-0.39, 0.29) is 13.4 Å². The number of halogens is 1. The van der Waals surface area contributed by atoms with Crippen LogP contribution in [-0.2, 0) is 11.3 Å². The second kappa shape index (κ2) is 5.95. The van der Waals surface area contributed by atoms with Gasteiger partial charge in [0.05, 0.1) is 18.2 Å². The Morgan fingerprint density at radius 2 is 2.07 bits per heavy atom. The molecule has 0 heterocycles. The molecule has 0 atom stereocenters. The van der Waals surface area contributed by atoms with Gasteiger partial charge in [0.1, 0.15) is 0 Å². The first-order chi connectivity index (χ1) is 7.24. The largest absolute Gasteiger partial charge is 0.493 e. The third-order valence-electron chi connectivity index (χ3n) is 1.85. The highest BCUT2D eigenvalue weighted by Crippen LogP contribution is 2.37. The van der Waals surface area contributed by atoms with Crippen molar-refractivity contribution in [1.82, 2.24) is 0 Å². The Balaban J connectivity index is 3.05. The maximum absolute atomic E-state index is 9.07. The van der Waals surface area contributed by atoms with E-state index in [4.69, 9.17) is 19.3 Å². The first-order valence-electron chi connectivity index (χ1n) is 4.32. The Hall–Kier alpha value is -0.780. The summed E-state index contributed by atoms with van der Waals surface area (Å²) in [5.74, 6) is 1.13. The van der Waals surface area contributed by atoms with Crippen LogP contribution in [0.5, 0.6) is 11.5 Å². The molecule has 4 nitrogen and oxygen atoms in total. The SMILES string of the molecule is COCOc1c(OC)ccc(CO)c1Br. The van der Waals surface area contributed by atoms with Crippen LogP contribution < -0.4 is 9.47 Å². The highest BCUT2D eigenvalue weighted by atomic mass is 79.9. The molecule has 0 aromatic heterocycles. The Morgan fingerprint density at radius 1 is 1.33 bits per heavy atom. The molecule has 0 aliphatic heterocycles. The van der Waals surface area contributed by atoms with Gasteiger partial charge in [-0.05, 0) is 27.6 Å². The number of ether oxygens (including phenoxy) is 3. The molecule has 0 saturated heterocycles. The molecular formula is C10H13BrO4. The smallest absolute Gasteiger partial charge is 0.188 e. The first kappa shape index (κ1) is 12.3. The van der Waals surface area contributed by atoms with Gasteiger partial charge in [-0.25, -0.2) is 0 Å². The van der Waals surface area contributed by atoms with E-state index in [1.54, 1.807) is 19.2 Å². The highest BCUT2D eigenvalue weighted by Gasteiger charge is 2.12. The summed E-state index contributed by atoms with van der Waals surface area (Å²) in [4.78, 5) is 0. The van der Waals surface area contributed by atoms with Gasteiger partial charge >= 0.3 is 0 Å². The molecule has 15 heavy (non-hydrogen) atoms. The number of benzene rings is 1. The summed E-state index contributed by atoms with van der Waals surface area (Å²) in [6.07, 6.45) is 0. The summed E-state index contributed by atoms with van der Waals surface area (Å²) < 4.78 is 16.0. The fraction of sp³-hybridized carbons (Fsp3) is 0.400. The van der Waals surface area contributed by atoms with Crippen molar-refractivity contribution in [2.75, 3.05) is 21.0 Å². The monoisotopic (exact) mass is 276 g/mol. The molecule has 0 bridgehead atoms. The number of aliphatic hydroxyl groups excluding tert-OH is 1. The van der Waals surface area contributed by atoms with E-state index < -0.39 is 0 Å². The predicted molar refractivity (Wildman–Crippen MR) is 59.1 cm³/mol. The van der Waals surface area contributed by atoms with E-state index in [0.29, 0.717) is 16.0 Å². The zero-order valence-electron chi connectivity index (χ0n) is 8.62. The first-order valence-corrected chi connectivity index (χ1v) is 5.11. The number of rotatable bonds is 5. The molecule has 1 rings (SSSR count). The number of aliphatic hydroxyl groups is 1. The lowest BCUT2D eigenvalue weighted by molar-refractivity contribution is 0.0484. The van der Waals surface area contributed by atoms with Crippen molar-refractivity contribution < 1.29 is 19.3 Å². The number of hydrogen-bond donors (Lipinski definition) is 1. The lowest BCUT2D eigenvalue weighted by Crippen LogP contribution is -2.02. The number of hydrogen-bond acceptors (Lipinski definition) is 4. The summed E-state index contributed by atoms with van der Waals surface area (Å²) in [5, 5.41) is 9.07. The molecule has 0 amide bonds. The van der Waals surface area contributed by atoms with Crippen LogP contribution in [0.3, 0.4) is 0 Å². The van der Waals surface area contributed by atoms with Crippen LogP contribution in [0.2, 0.25) is 0 Å². The molecule has 0 fully saturated rings. The summed E-state index contributed by atoms with van der Waals surface area (Å²) >= 11 is 3.34. The average Bonchev–Trinajstić information content (AvgIpc) is 2.27. The lowest BCUT2D eigenvalue weighted by atomic mass is 10.2. The third-order valence-corrected chi connectivity index (χ3v) is 2.72. The fourth-order valence-electron chi connectivity index (χ4n) is 1.11. The van der Waals surface area contributed by atoms with Gasteiger partial charge in [0.25, 0.3) is 0 Å². The van der Waals surface area contributed by atoms with Crippen molar-refractivity contribution in [3.8, 4) is 11.5 Å². The number of methoxy groups -OCH3 is 2. The van der Waals surface area contributed by atoms with Gasteiger partial charge in [0, 0.05) is 7.11 Å². The normalized spacial score (nSPS) is 10.1. The summed E-state index contributed by atoms with van der Waals surface area (Å²) in [6, 6.07) is 3.50. The summed E-state index contributed by atoms with van der Waals surface area (Å²) in [6.45, 7) is 0.0672. The van der Waals surface area contributed by atoms with Gasteiger partial charge in [-0.1, -0.05) is 6.07 Å². The molecule has 5 heteroatoms. The van der Waals surface area contributed by atoms with Crippen molar-refractivity contribution >= 4 is 15.9 Å². The second-order valence-electron chi connectivity index (χ2n) is 2.78. The molecule has 0 aliphatic rings. The fourth-order valence-corrected chi connectivity index (χ4v) is 1.68. The van der Waals surface area contributed by atoms with E-state index in [1.807, 2.05) is 0 Å². The zero-order valence-corrected chi connectivity index (χ0v) is 10.2. The van der Waals surface area contributed by atoms with Crippen LogP contribution in [0, 0.1) is 0 Å². The van der Waals surface area contributed by atoms with Gasteiger partial charge in [-0.15, -0.1) is 0 Å².